The number of nitrogens with one attached hydrogen (secondary N) is 1. The molecule has 0 aliphatic heterocycles. The van der Waals surface area contributed by atoms with Crippen molar-refractivity contribution in [3.63, 3.8) is 0 Å². The lowest BCUT2D eigenvalue weighted by Gasteiger charge is -2.11. The Morgan fingerprint density at radius 1 is 1.07 bits per heavy atom. The molecule has 2 heterocycles. The van der Waals surface area contributed by atoms with Gasteiger partial charge in [-0.2, -0.15) is 0 Å². The number of thiophene rings is 1. The third-order valence-electron chi connectivity index (χ3n) is 4.57. The third kappa shape index (κ3) is 3.56. The zero-order valence-corrected chi connectivity index (χ0v) is 17.7. The second kappa shape index (κ2) is 7.46. The first-order valence-corrected chi connectivity index (χ1v) is 11.1. The van der Waals surface area contributed by atoms with E-state index in [4.69, 9.17) is 13.9 Å². The van der Waals surface area contributed by atoms with E-state index in [1.165, 1.54) is 0 Å². The SMILES string of the molecule is COc1cccc(-c2csc(S(=O)(=O)Nc3ccc4occ(C)c4c3)c2)c1OC. The smallest absolute Gasteiger partial charge is 0.271 e. The van der Waals surface area contributed by atoms with Crippen molar-refractivity contribution in [3.8, 4) is 22.6 Å². The van der Waals surface area contributed by atoms with E-state index < -0.39 is 10.0 Å². The molecule has 6 nitrogen and oxygen atoms in total. The fraction of sp³-hybridized carbons (Fsp3) is 0.143. The molecule has 2 aromatic carbocycles. The normalized spacial score (nSPS) is 11.6. The van der Waals surface area contributed by atoms with E-state index in [2.05, 4.69) is 4.72 Å². The van der Waals surface area contributed by atoms with Crippen LogP contribution in [0.4, 0.5) is 5.69 Å². The molecule has 8 heteroatoms. The van der Waals surface area contributed by atoms with Gasteiger partial charge in [-0.3, -0.25) is 4.72 Å². The zero-order valence-electron chi connectivity index (χ0n) is 16.1. The summed E-state index contributed by atoms with van der Waals surface area (Å²) in [7, 11) is -0.615. The van der Waals surface area contributed by atoms with Gasteiger partial charge in [-0.1, -0.05) is 12.1 Å². The first kappa shape index (κ1) is 19.4. The second-order valence-corrected chi connectivity index (χ2v) is 9.25. The first-order valence-electron chi connectivity index (χ1n) is 8.73. The molecule has 4 rings (SSSR count). The van der Waals surface area contributed by atoms with E-state index in [0.29, 0.717) is 22.8 Å². The molecular weight excluding hydrogens is 410 g/mol. The lowest BCUT2D eigenvalue weighted by atomic mass is 10.1. The topological polar surface area (TPSA) is 77.8 Å². The summed E-state index contributed by atoms with van der Waals surface area (Å²) in [5.41, 5.74) is 3.65. The van der Waals surface area contributed by atoms with Crippen molar-refractivity contribution in [3.05, 3.63) is 59.7 Å². The summed E-state index contributed by atoms with van der Waals surface area (Å²) < 4.78 is 44.9. The lowest BCUT2D eigenvalue weighted by Crippen LogP contribution is -2.11. The predicted octanol–water partition coefficient (Wildman–Crippen LogP) is 5.29. The molecule has 150 valence electrons. The Kier molecular flexibility index (Phi) is 4.97. The van der Waals surface area contributed by atoms with Crippen molar-refractivity contribution >= 4 is 38.0 Å². The molecule has 0 aliphatic carbocycles. The summed E-state index contributed by atoms with van der Waals surface area (Å²) in [5, 5.41) is 2.66. The number of hydrogen-bond donors (Lipinski definition) is 1. The van der Waals surface area contributed by atoms with Gasteiger partial charge >= 0.3 is 0 Å². The fourth-order valence-electron chi connectivity index (χ4n) is 3.14. The van der Waals surface area contributed by atoms with Gasteiger partial charge in [0.15, 0.2) is 11.5 Å². The van der Waals surface area contributed by atoms with Crippen LogP contribution in [0.3, 0.4) is 0 Å². The molecule has 0 radical (unpaired) electrons. The molecule has 0 fully saturated rings. The molecule has 0 bridgehead atoms. The van der Waals surface area contributed by atoms with Gasteiger partial charge in [0.05, 0.1) is 20.5 Å². The highest BCUT2D eigenvalue weighted by atomic mass is 32.2. The molecule has 2 aromatic heterocycles. The van der Waals surface area contributed by atoms with E-state index in [1.54, 1.807) is 56.2 Å². The van der Waals surface area contributed by atoms with Crippen LogP contribution in [0.5, 0.6) is 11.5 Å². The number of benzene rings is 2. The number of methoxy groups -OCH3 is 2. The third-order valence-corrected chi connectivity index (χ3v) is 7.39. The standard InChI is InChI=1S/C21H19NO5S2/c1-13-11-27-18-8-7-15(10-17(13)18)22-29(23,24)20-9-14(12-28-20)16-5-4-6-19(25-2)21(16)26-3/h4-12,22H,1-3H3. The van der Waals surface area contributed by atoms with Crippen LogP contribution in [0.15, 0.2) is 62.7 Å². The Morgan fingerprint density at radius 2 is 1.90 bits per heavy atom. The molecule has 0 amide bonds. The molecule has 1 N–H and O–H groups in total. The number of aryl methyl sites for hydroxylation is 1. The minimum absolute atomic E-state index is 0.210. The molecule has 0 aliphatic rings. The maximum Gasteiger partial charge on any atom is 0.271 e. The number of rotatable bonds is 6. The Bertz CT molecular complexity index is 1290. The summed E-state index contributed by atoms with van der Waals surface area (Å²) >= 11 is 1.15. The quantitative estimate of drug-likeness (QED) is 0.451. The van der Waals surface area contributed by atoms with Crippen LogP contribution in [-0.4, -0.2) is 22.6 Å². The molecule has 0 unspecified atom stereocenters. The molecule has 4 aromatic rings. The summed E-state index contributed by atoms with van der Waals surface area (Å²) in [6, 6.07) is 12.3. The number of hydrogen-bond acceptors (Lipinski definition) is 6. The van der Waals surface area contributed by atoms with Crippen LogP contribution < -0.4 is 14.2 Å². The maximum atomic E-state index is 12.9. The number of fused-ring (bicyclic) bond motifs is 1. The first-order chi connectivity index (χ1) is 13.9. The number of ether oxygens (including phenoxy) is 2. The van der Waals surface area contributed by atoms with E-state index in [9.17, 15) is 8.42 Å². The van der Waals surface area contributed by atoms with Crippen molar-refractivity contribution in [1.29, 1.82) is 0 Å². The Balaban J connectivity index is 1.67. The Labute approximate surface area is 172 Å². The molecule has 0 saturated carbocycles. The predicted molar refractivity (Wildman–Crippen MR) is 115 cm³/mol. The summed E-state index contributed by atoms with van der Waals surface area (Å²) in [4.78, 5) is 0. The highest BCUT2D eigenvalue weighted by molar-refractivity contribution is 7.94. The number of sulfonamides is 1. The molecule has 0 spiro atoms. The minimum Gasteiger partial charge on any atom is -0.493 e. The summed E-state index contributed by atoms with van der Waals surface area (Å²) in [6.07, 6.45) is 1.65. The van der Waals surface area contributed by atoms with Crippen molar-refractivity contribution in [2.24, 2.45) is 0 Å². The van der Waals surface area contributed by atoms with Crippen LogP contribution in [0.2, 0.25) is 0 Å². The van der Waals surface area contributed by atoms with Crippen LogP contribution in [0, 0.1) is 6.92 Å². The van der Waals surface area contributed by atoms with Gasteiger partial charge in [0.1, 0.15) is 9.79 Å². The summed E-state index contributed by atoms with van der Waals surface area (Å²) in [5.74, 6) is 1.15. The van der Waals surface area contributed by atoms with E-state index >= 15 is 0 Å². The largest absolute Gasteiger partial charge is 0.493 e. The van der Waals surface area contributed by atoms with E-state index in [0.717, 1.165) is 33.4 Å². The van der Waals surface area contributed by atoms with Gasteiger partial charge in [-0.25, -0.2) is 8.42 Å². The van der Waals surface area contributed by atoms with Gasteiger partial charge in [0.2, 0.25) is 0 Å². The van der Waals surface area contributed by atoms with Crippen molar-refractivity contribution in [2.45, 2.75) is 11.1 Å². The van der Waals surface area contributed by atoms with Crippen LogP contribution in [0.1, 0.15) is 5.56 Å². The average Bonchev–Trinajstić information content (AvgIpc) is 3.35. The second-order valence-electron chi connectivity index (χ2n) is 6.43. The number of furan rings is 1. The highest BCUT2D eigenvalue weighted by Crippen LogP contribution is 2.40. The monoisotopic (exact) mass is 429 g/mol. The van der Waals surface area contributed by atoms with Gasteiger partial charge < -0.3 is 13.9 Å². The minimum atomic E-state index is -3.73. The van der Waals surface area contributed by atoms with Gasteiger partial charge in [0.25, 0.3) is 10.0 Å². The molecular formula is C21H19NO5S2. The van der Waals surface area contributed by atoms with Gasteiger partial charge in [-0.05, 0) is 48.4 Å². The van der Waals surface area contributed by atoms with Crippen LogP contribution in [-0.2, 0) is 10.0 Å². The number of anilines is 1. The highest BCUT2D eigenvalue weighted by Gasteiger charge is 2.20. The van der Waals surface area contributed by atoms with E-state index in [1.807, 2.05) is 19.1 Å². The fourth-order valence-corrected chi connectivity index (χ4v) is 5.37. The van der Waals surface area contributed by atoms with Crippen molar-refractivity contribution in [2.75, 3.05) is 18.9 Å². The lowest BCUT2D eigenvalue weighted by molar-refractivity contribution is 0.356. The maximum absolute atomic E-state index is 12.9. The van der Waals surface area contributed by atoms with Crippen molar-refractivity contribution < 1.29 is 22.3 Å². The zero-order chi connectivity index (χ0) is 20.6. The van der Waals surface area contributed by atoms with Gasteiger partial charge in [0, 0.05) is 22.0 Å². The molecule has 29 heavy (non-hydrogen) atoms. The molecule has 0 atom stereocenters. The average molecular weight is 430 g/mol. The molecule has 0 saturated heterocycles. The van der Waals surface area contributed by atoms with Crippen LogP contribution in [0.25, 0.3) is 22.1 Å². The summed E-state index contributed by atoms with van der Waals surface area (Å²) in [6.45, 7) is 1.91. The Morgan fingerprint density at radius 3 is 2.66 bits per heavy atom. The Hall–Kier alpha value is -2.97. The van der Waals surface area contributed by atoms with Gasteiger partial charge in [-0.15, -0.1) is 11.3 Å². The van der Waals surface area contributed by atoms with Crippen molar-refractivity contribution in [1.82, 2.24) is 0 Å². The van der Waals surface area contributed by atoms with Crippen LogP contribution >= 0.6 is 11.3 Å². The van der Waals surface area contributed by atoms with E-state index in [-0.39, 0.29) is 4.21 Å². The number of para-hydroxylation sites is 1.